The first-order valence-electron chi connectivity index (χ1n) is 5.70. The highest BCUT2D eigenvalue weighted by Crippen LogP contribution is 2.18. The number of halogens is 2. The number of morpholine rings is 1. The van der Waals surface area contributed by atoms with Gasteiger partial charge in [-0.1, -0.05) is 6.07 Å². The van der Waals surface area contributed by atoms with Crippen LogP contribution in [-0.4, -0.2) is 31.3 Å². The first kappa shape index (κ1) is 12.4. The average molecular weight is 242 g/mol. The monoisotopic (exact) mass is 242 g/mol. The summed E-state index contributed by atoms with van der Waals surface area (Å²) >= 11 is 0. The predicted octanol–water partition coefficient (Wildman–Crippen LogP) is 1.86. The van der Waals surface area contributed by atoms with Crippen molar-refractivity contribution in [3.05, 3.63) is 35.4 Å². The van der Waals surface area contributed by atoms with E-state index >= 15 is 0 Å². The number of hydrogen-bond donors (Lipinski definition) is 1. The molecule has 0 amide bonds. The van der Waals surface area contributed by atoms with Crippen molar-refractivity contribution in [1.29, 1.82) is 0 Å². The average Bonchev–Trinajstić information content (AvgIpc) is 2.30. The van der Waals surface area contributed by atoms with E-state index in [1.165, 1.54) is 12.1 Å². The second kappa shape index (κ2) is 5.53. The summed E-state index contributed by atoms with van der Waals surface area (Å²) < 4.78 is 31.5. The van der Waals surface area contributed by atoms with Crippen molar-refractivity contribution in [3.8, 4) is 0 Å². The molecule has 94 valence electrons. The van der Waals surface area contributed by atoms with Crippen LogP contribution in [0.2, 0.25) is 0 Å². The van der Waals surface area contributed by atoms with Gasteiger partial charge in [0.1, 0.15) is 11.6 Å². The quantitative estimate of drug-likeness (QED) is 0.875. The Morgan fingerprint density at radius 3 is 2.65 bits per heavy atom. The minimum Gasteiger partial charge on any atom is -0.379 e. The van der Waals surface area contributed by atoms with Crippen molar-refractivity contribution in [2.24, 2.45) is 0 Å². The lowest BCUT2D eigenvalue weighted by Gasteiger charge is -2.30. The fourth-order valence-electron chi connectivity index (χ4n) is 1.89. The molecule has 1 N–H and O–H groups in total. The highest BCUT2D eigenvalue weighted by molar-refractivity contribution is 5.21. The second-order valence-electron chi connectivity index (χ2n) is 4.12. The van der Waals surface area contributed by atoms with Crippen molar-refractivity contribution in [1.82, 2.24) is 10.4 Å². The number of nitrogens with zero attached hydrogens (tertiary/aromatic N) is 1. The molecular weight excluding hydrogens is 226 g/mol. The van der Waals surface area contributed by atoms with Gasteiger partial charge in [-0.15, -0.1) is 0 Å². The molecule has 2 rings (SSSR count). The number of rotatable bonds is 3. The number of hydrogen-bond acceptors (Lipinski definition) is 3. The van der Waals surface area contributed by atoms with E-state index in [9.17, 15) is 8.78 Å². The highest BCUT2D eigenvalue weighted by atomic mass is 19.1. The van der Waals surface area contributed by atoms with E-state index in [4.69, 9.17) is 4.74 Å². The van der Waals surface area contributed by atoms with Crippen LogP contribution in [0.5, 0.6) is 0 Å². The smallest absolute Gasteiger partial charge is 0.130 e. The Morgan fingerprint density at radius 2 is 2.00 bits per heavy atom. The van der Waals surface area contributed by atoms with Crippen LogP contribution in [0.4, 0.5) is 8.78 Å². The van der Waals surface area contributed by atoms with Gasteiger partial charge in [-0.3, -0.25) is 0 Å². The SMILES string of the molecule is CC(NN1CCOCC1)c1ccc(F)cc1F. The van der Waals surface area contributed by atoms with Crippen LogP contribution < -0.4 is 5.43 Å². The standard InChI is InChI=1S/C12H16F2N2O/c1-9(15-16-4-6-17-7-5-16)11-3-2-10(13)8-12(11)14/h2-3,8-9,15H,4-7H2,1H3. The predicted molar refractivity (Wildman–Crippen MR) is 60.3 cm³/mol. The maximum absolute atomic E-state index is 13.5. The van der Waals surface area contributed by atoms with E-state index in [0.29, 0.717) is 18.8 Å². The van der Waals surface area contributed by atoms with Crippen LogP contribution in [0.3, 0.4) is 0 Å². The van der Waals surface area contributed by atoms with Gasteiger partial charge in [-0.05, 0) is 13.0 Å². The van der Waals surface area contributed by atoms with E-state index in [2.05, 4.69) is 5.43 Å². The molecule has 1 unspecified atom stereocenters. The van der Waals surface area contributed by atoms with Crippen LogP contribution in [0.25, 0.3) is 0 Å². The Bertz CT molecular complexity index is 381. The van der Waals surface area contributed by atoms with Crippen molar-refractivity contribution in [2.45, 2.75) is 13.0 Å². The topological polar surface area (TPSA) is 24.5 Å². The van der Waals surface area contributed by atoms with Gasteiger partial charge in [0.05, 0.1) is 13.2 Å². The van der Waals surface area contributed by atoms with Gasteiger partial charge in [0.25, 0.3) is 0 Å². The van der Waals surface area contributed by atoms with Gasteiger partial charge in [0, 0.05) is 30.8 Å². The lowest BCUT2D eigenvalue weighted by Crippen LogP contribution is -2.46. The van der Waals surface area contributed by atoms with E-state index in [1.807, 2.05) is 11.9 Å². The van der Waals surface area contributed by atoms with Crippen molar-refractivity contribution >= 4 is 0 Å². The summed E-state index contributed by atoms with van der Waals surface area (Å²) in [6, 6.07) is 3.47. The van der Waals surface area contributed by atoms with Crippen molar-refractivity contribution in [3.63, 3.8) is 0 Å². The van der Waals surface area contributed by atoms with Gasteiger partial charge in [0.15, 0.2) is 0 Å². The molecule has 17 heavy (non-hydrogen) atoms. The molecule has 1 fully saturated rings. The van der Waals surface area contributed by atoms with Crippen LogP contribution in [0.1, 0.15) is 18.5 Å². The van der Waals surface area contributed by atoms with Gasteiger partial charge in [-0.25, -0.2) is 19.2 Å². The fourth-order valence-corrected chi connectivity index (χ4v) is 1.89. The molecule has 0 aliphatic carbocycles. The summed E-state index contributed by atoms with van der Waals surface area (Å²) in [6.07, 6.45) is 0. The molecule has 0 bridgehead atoms. The van der Waals surface area contributed by atoms with E-state index in [-0.39, 0.29) is 6.04 Å². The summed E-state index contributed by atoms with van der Waals surface area (Å²) in [5, 5.41) is 2.00. The molecule has 1 aliphatic rings. The number of nitrogens with one attached hydrogen (secondary N) is 1. The summed E-state index contributed by atoms with van der Waals surface area (Å²) in [5.74, 6) is -1.07. The Hall–Kier alpha value is -1.04. The number of ether oxygens (including phenoxy) is 1. The zero-order valence-corrected chi connectivity index (χ0v) is 9.75. The summed E-state index contributed by atoms with van der Waals surface area (Å²) in [6.45, 7) is 4.74. The molecule has 1 heterocycles. The van der Waals surface area contributed by atoms with Gasteiger partial charge in [-0.2, -0.15) is 0 Å². The number of hydrazine groups is 1. The maximum atomic E-state index is 13.5. The molecule has 0 radical (unpaired) electrons. The fraction of sp³-hybridized carbons (Fsp3) is 0.500. The normalized spacial score (nSPS) is 19.2. The van der Waals surface area contributed by atoms with E-state index in [1.54, 1.807) is 0 Å². The van der Waals surface area contributed by atoms with Crippen LogP contribution >= 0.6 is 0 Å². The third kappa shape index (κ3) is 3.21. The molecule has 0 aromatic heterocycles. The summed E-state index contributed by atoms with van der Waals surface area (Å²) in [4.78, 5) is 0. The Balaban J connectivity index is 2.00. The molecule has 1 saturated heterocycles. The molecule has 1 aromatic carbocycles. The van der Waals surface area contributed by atoms with Gasteiger partial charge >= 0.3 is 0 Å². The third-order valence-corrected chi connectivity index (χ3v) is 2.82. The maximum Gasteiger partial charge on any atom is 0.130 e. The molecule has 5 heteroatoms. The van der Waals surface area contributed by atoms with Crippen LogP contribution in [0, 0.1) is 11.6 Å². The Morgan fingerprint density at radius 1 is 1.29 bits per heavy atom. The molecule has 1 aliphatic heterocycles. The zero-order chi connectivity index (χ0) is 12.3. The van der Waals surface area contributed by atoms with Crippen molar-refractivity contribution < 1.29 is 13.5 Å². The minimum absolute atomic E-state index is 0.186. The van der Waals surface area contributed by atoms with E-state index < -0.39 is 11.6 Å². The molecule has 3 nitrogen and oxygen atoms in total. The Kier molecular flexibility index (Phi) is 4.04. The lowest BCUT2D eigenvalue weighted by molar-refractivity contribution is 0.00459. The summed E-state index contributed by atoms with van der Waals surface area (Å²) in [7, 11) is 0. The van der Waals surface area contributed by atoms with Crippen molar-refractivity contribution in [2.75, 3.05) is 26.3 Å². The van der Waals surface area contributed by atoms with Gasteiger partial charge < -0.3 is 4.74 Å². The minimum atomic E-state index is -0.551. The number of benzene rings is 1. The zero-order valence-electron chi connectivity index (χ0n) is 9.75. The van der Waals surface area contributed by atoms with Gasteiger partial charge in [0.2, 0.25) is 0 Å². The highest BCUT2D eigenvalue weighted by Gasteiger charge is 2.16. The molecule has 1 atom stereocenters. The van der Waals surface area contributed by atoms with Crippen LogP contribution in [-0.2, 0) is 4.74 Å². The van der Waals surface area contributed by atoms with Crippen LogP contribution in [0.15, 0.2) is 18.2 Å². The van der Waals surface area contributed by atoms with E-state index in [0.717, 1.165) is 19.2 Å². The Labute approximate surface area is 99.3 Å². The molecule has 1 aromatic rings. The molecule has 0 saturated carbocycles. The molecule has 0 spiro atoms. The first-order valence-corrected chi connectivity index (χ1v) is 5.70. The third-order valence-electron chi connectivity index (χ3n) is 2.82. The summed E-state index contributed by atoms with van der Waals surface area (Å²) in [5.41, 5.74) is 3.66. The largest absolute Gasteiger partial charge is 0.379 e. The molecular formula is C12H16F2N2O. The lowest BCUT2D eigenvalue weighted by atomic mass is 10.1. The second-order valence-corrected chi connectivity index (χ2v) is 4.12. The first-order chi connectivity index (χ1) is 8.16.